The van der Waals surface area contributed by atoms with Crippen molar-refractivity contribution in [1.82, 2.24) is 0 Å². The van der Waals surface area contributed by atoms with Crippen molar-refractivity contribution in [3.8, 4) is 5.75 Å². The van der Waals surface area contributed by atoms with E-state index in [1.165, 1.54) is 12.1 Å². The molecule has 0 aliphatic heterocycles. The first-order valence-electron chi connectivity index (χ1n) is 6.41. The van der Waals surface area contributed by atoms with Gasteiger partial charge in [0.25, 0.3) is 0 Å². The van der Waals surface area contributed by atoms with E-state index in [1.54, 1.807) is 18.2 Å². The van der Waals surface area contributed by atoms with Crippen LogP contribution in [0.1, 0.15) is 22.8 Å². The van der Waals surface area contributed by atoms with E-state index >= 15 is 0 Å². The Kier molecular flexibility index (Phi) is 4.53. The molecule has 0 saturated carbocycles. The van der Waals surface area contributed by atoms with Crippen molar-refractivity contribution in [3.63, 3.8) is 0 Å². The van der Waals surface area contributed by atoms with E-state index in [2.05, 4.69) is 0 Å². The number of alkyl halides is 3. The normalized spacial score (nSPS) is 13.0. The van der Waals surface area contributed by atoms with Crippen molar-refractivity contribution in [2.75, 3.05) is 6.61 Å². The largest absolute Gasteiger partial charge is 0.491 e. The van der Waals surface area contributed by atoms with Gasteiger partial charge in [0.1, 0.15) is 18.5 Å². The Bertz CT molecular complexity index is 608. The van der Waals surface area contributed by atoms with Crippen molar-refractivity contribution in [3.05, 3.63) is 65.2 Å². The third kappa shape index (κ3) is 4.23. The highest BCUT2D eigenvalue weighted by Crippen LogP contribution is 2.31. The van der Waals surface area contributed by atoms with Crippen LogP contribution in [0.2, 0.25) is 0 Å². The lowest BCUT2D eigenvalue weighted by Crippen LogP contribution is -2.11. The third-order valence-corrected chi connectivity index (χ3v) is 3.00. The number of aryl methyl sites for hydroxylation is 1. The second-order valence-electron chi connectivity index (χ2n) is 4.77. The number of rotatable bonds is 4. The van der Waals surface area contributed by atoms with Crippen LogP contribution in [0.5, 0.6) is 5.75 Å². The second-order valence-corrected chi connectivity index (χ2v) is 4.77. The van der Waals surface area contributed by atoms with Gasteiger partial charge >= 0.3 is 6.18 Å². The second kappa shape index (κ2) is 6.18. The minimum absolute atomic E-state index is 0.0801. The summed E-state index contributed by atoms with van der Waals surface area (Å²) < 4.78 is 43.0. The molecule has 2 nitrogen and oxygen atoms in total. The minimum atomic E-state index is -4.41. The molecule has 0 fully saturated rings. The molecule has 0 spiro atoms. The van der Waals surface area contributed by atoms with E-state index in [-0.39, 0.29) is 12.4 Å². The maximum absolute atomic E-state index is 12.6. The van der Waals surface area contributed by atoms with Crippen molar-refractivity contribution in [2.24, 2.45) is 0 Å². The van der Waals surface area contributed by atoms with Crippen LogP contribution in [0.15, 0.2) is 48.5 Å². The summed E-state index contributed by atoms with van der Waals surface area (Å²) in [6.07, 6.45) is -5.30. The number of ether oxygens (including phenoxy) is 1. The summed E-state index contributed by atoms with van der Waals surface area (Å²) in [5, 5.41) is 9.99. The Hall–Kier alpha value is -2.01. The molecule has 2 aromatic rings. The highest BCUT2D eigenvalue weighted by molar-refractivity contribution is 5.30. The summed E-state index contributed by atoms with van der Waals surface area (Å²) >= 11 is 0. The smallest absolute Gasteiger partial charge is 0.416 e. The molecule has 5 heteroatoms. The van der Waals surface area contributed by atoms with Gasteiger partial charge in [-0.3, -0.25) is 0 Å². The molecule has 2 rings (SSSR count). The fourth-order valence-electron chi connectivity index (χ4n) is 1.91. The highest BCUT2D eigenvalue weighted by atomic mass is 19.4. The fourth-order valence-corrected chi connectivity index (χ4v) is 1.91. The van der Waals surface area contributed by atoms with Gasteiger partial charge in [-0.2, -0.15) is 13.2 Å². The quantitative estimate of drug-likeness (QED) is 0.919. The molecular formula is C16H15F3O2. The topological polar surface area (TPSA) is 29.5 Å². The van der Waals surface area contributed by atoms with Gasteiger partial charge in [0.15, 0.2) is 0 Å². The Balaban J connectivity index is 2.03. The summed E-state index contributed by atoms with van der Waals surface area (Å²) in [5.41, 5.74) is 0.887. The van der Waals surface area contributed by atoms with Crippen LogP contribution in [0.25, 0.3) is 0 Å². The Morgan fingerprint density at radius 3 is 2.48 bits per heavy atom. The van der Waals surface area contributed by atoms with Crippen LogP contribution in [0, 0.1) is 6.92 Å². The average molecular weight is 296 g/mol. The molecule has 0 heterocycles. The Morgan fingerprint density at radius 2 is 1.81 bits per heavy atom. The molecule has 2 aromatic carbocycles. The van der Waals surface area contributed by atoms with Crippen LogP contribution in [0.4, 0.5) is 13.2 Å². The number of hydrogen-bond acceptors (Lipinski definition) is 2. The molecule has 0 aromatic heterocycles. The van der Waals surface area contributed by atoms with Crippen LogP contribution >= 0.6 is 0 Å². The van der Waals surface area contributed by atoms with Gasteiger partial charge in [0.2, 0.25) is 0 Å². The number of aliphatic hydroxyl groups is 1. The van der Waals surface area contributed by atoms with E-state index in [4.69, 9.17) is 4.74 Å². The predicted octanol–water partition coefficient (Wildman–Crippen LogP) is 4.13. The van der Waals surface area contributed by atoms with Crippen molar-refractivity contribution >= 4 is 0 Å². The average Bonchev–Trinajstić information content (AvgIpc) is 2.44. The summed E-state index contributed by atoms with van der Waals surface area (Å²) in [6, 6.07) is 11.8. The van der Waals surface area contributed by atoms with Crippen LogP contribution in [-0.4, -0.2) is 11.7 Å². The lowest BCUT2D eigenvalue weighted by Gasteiger charge is -2.14. The molecule has 0 radical (unpaired) electrons. The predicted molar refractivity (Wildman–Crippen MR) is 73.1 cm³/mol. The first kappa shape index (κ1) is 15.4. The zero-order chi connectivity index (χ0) is 15.5. The van der Waals surface area contributed by atoms with Gasteiger partial charge in [-0.05, 0) is 30.7 Å². The standard InChI is InChI=1S/C16H15F3O2/c1-11-4-2-5-12(8-11)15(20)10-21-14-7-3-6-13(9-14)16(17,18)19/h2-9,15,20H,10H2,1H3. The molecular weight excluding hydrogens is 281 g/mol. The minimum Gasteiger partial charge on any atom is -0.491 e. The monoisotopic (exact) mass is 296 g/mol. The van der Waals surface area contributed by atoms with Gasteiger partial charge in [0.05, 0.1) is 5.56 Å². The van der Waals surface area contributed by atoms with E-state index in [9.17, 15) is 18.3 Å². The maximum Gasteiger partial charge on any atom is 0.416 e. The van der Waals surface area contributed by atoms with E-state index in [1.807, 2.05) is 13.0 Å². The van der Waals surface area contributed by atoms with E-state index in [0.29, 0.717) is 5.56 Å². The molecule has 0 saturated heterocycles. The molecule has 0 aliphatic carbocycles. The first-order valence-corrected chi connectivity index (χ1v) is 6.41. The number of halogens is 3. The number of hydrogen-bond donors (Lipinski definition) is 1. The fraction of sp³-hybridized carbons (Fsp3) is 0.250. The lowest BCUT2D eigenvalue weighted by atomic mass is 10.1. The van der Waals surface area contributed by atoms with Gasteiger partial charge in [-0.15, -0.1) is 0 Å². The SMILES string of the molecule is Cc1cccc(C(O)COc2cccc(C(F)(F)F)c2)c1. The number of aliphatic hydroxyl groups excluding tert-OH is 1. The summed E-state index contributed by atoms with van der Waals surface area (Å²) in [4.78, 5) is 0. The van der Waals surface area contributed by atoms with Crippen LogP contribution in [-0.2, 0) is 6.18 Å². The summed E-state index contributed by atoms with van der Waals surface area (Å²) in [5.74, 6) is 0.0801. The first-order chi connectivity index (χ1) is 9.86. The van der Waals surface area contributed by atoms with Crippen LogP contribution < -0.4 is 4.74 Å². The summed E-state index contributed by atoms with van der Waals surface area (Å²) in [6.45, 7) is 1.79. The molecule has 21 heavy (non-hydrogen) atoms. The van der Waals surface area contributed by atoms with Crippen molar-refractivity contribution in [2.45, 2.75) is 19.2 Å². The van der Waals surface area contributed by atoms with E-state index in [0.717, 1.165) is 17.7 Å². The lowest BCUT2D eigenvalue weighted by molar-refractivity contribution is -0.137. The molecule has 0 bridgehead atoms. The van der Waals surface area contributed by atoms with E-state index < -0.39 is 17.8 Å². The highest BCUT2D eigenvalue weighted by Gasteiger charge is 2.30. The van der Waals surface area contributed by atoms with Gasteiger partial charge in [-0.1, -0.05) is 35.9 Å². The van der Waals surface area contributed by atoms with Crippen molar-refractivity contribution < 1.29 is 23.0 Å². The zero-order valence-electron chi connectivity index (χ0n) is 11.4. The molecule has 1 atom stereocenters. The molecule has 112 valence electrons. The maximum atomic E-state index is 12.6. The molecule has 0 aliphatic rings. The zero-order valence-corrected chi connectivity index (χ0v) is 11.4. The molecule has 1 unspecified atom stereocenters. The third-order valence-electron chi connectivity index (χ3n) is 3.00. The summed E-state index contributed by atoms with van der Waals surface area (Å²) in [7, 11) is 0. The van der Waals surface area contributed by atoms with Gasteiger partial charge in [0, 0.05) is 0 Å². The Labute approximate surface area is 120 Å². The molecule has 0 amide bonds. The van der Waals surface area contributed by atoms with Gasteiger partial charge in [-0.25, -0.2) is 0 Å². The van der Waals surface area contributed by atoms with Gasteiger partial charge < -0.3 is 9.84 Å². The molecule has 1 N–H and O–H groups in total. The van der Waals surface area contributed by atoms with Crippen molar-refractivity contribution in [1.29, 1.82) is 0 Å². The Morgan fingerprint density at radius 1 is 1.10 bits per heavy atom. The van der Waals surface area contributed by atoms with Crippen LogP contribution in [0.3, 0.4) is 0 Å². The number of benzene rings is 2.